The average molecular weight is 233 g/mol. The van der Waals surface area contributed by atoms with Crippen LogP contribution >= 0.6 is 0 Å². The number of hydrogen-bond acceptors (Lipinski definition) is 3. The number of hydrogen-bond donors (Lipinski definition) is 1. The van der Waals surface area contributed by atoms with Crippen molar-refractivity contribution in [2.45, 2.75) is 33.9 Å². The summed E-state index contributed by atoms with van der Waals surface area (Å²) in [4.78, 5) is 0. The molecule has 2 heterocycles. The third-order valence-corrected chi connectivity index (χ3v) is 3.09. The lowest BCUT2D eigenvalue weighted by atomic mass is 10.2. The van der Waals surface area contributed by atoms with Crippen molar-refractivity contribution in [3.05, 3.63) is 29.3 Å². The maximum absolute atomic E-state index is 4.40. The number of aromatic nitrogens is 4. The highest BCUT2D eigenvalue weighted by molar-refractivity contribution is 5.40. The van der Waals surface area contributed by atoms with Crippen molar-refractivity contribution in [3.8, 4) is 0 Å². The van der Waals surface area contributed by atoms with Crippen molar-refractivity contribution in [2.24, 2.45) is 7.05 Å². The summed E-state index contributed by atoms with van der Waals surface area (Å²) in [5.41, 5.74) is 4.60. The molecule has 0 saturated heterocycles. The Labute approximate surface area is 101 Å². The van der Waals surface area contributed by atoms with Crippen molar-refractivity contribution >= 4 is 5.69 Å². The van der Waals surface area contributed by atoms with E-state index in [0.29, 0.717) is 0 Å². The molecule has 0 fully saturated rings. The van der Waals surface area contributed by atoms with Crippen LogP contribution in [0.3, 0.4) is 0 Å². The first-order valence-corrected chi connectivity index (χ1v) is 5.87. The summed E-state index contributed by atoms with van der Waals surface area (Å²) in [5.74, 6) is 0. The minimum atomic E-state index is 0.793. The van der Waals surface area contributed by atoms with Crippen LogP contribution in [0.15, 0.2) is 12.4 Å². The molecule has 0 radical (unpaired) electrons. The van der Waals surface area contributed by atoms with Crippen molar-refractivity contribution in [1.29, 1.82) is 0 Å². The molecule has 2 aromatic heterocycles. The molecule has 17 heavy (non-hydrogen) atoms. The number of anilines is 1. The van der Waals surface area contributed by atoms with E-state index >= 15 is 0 Å². The topological polar surface area (TPSA) is 47.7 Å². The zero-order chi connectivity index (χ0) is 12.4. The molecule has 0 spiro atoms. The van der Waals surface area contributed by atoms with E-state index in [9.17, 15) is 0 Å². The van der Waals surface area contributed by atoms with E-state index in [1.807, 2.05) is 35.7 Å². The van der Waals surface area contributed by atoms with E-state index in [1.54, 1.807) is 0 Å². The van der Waals surface area contributed by atoms with Gasteiger partial charge in [0.1, 0.15) is 0 Å². The molecule has 0 unspecified atom stereocenters. The van der Waals surface area contributed by atoms with Gasteiger partial charge in [-0.2, -0.15) is 10.2 Å². The maximum atomic E-state index is 4.40. The molecule has 1 N–H and O–H groups in total. The summed E-state index contributed by atoms with van der Waals surface area (Å²) in [5, 5.41) is 12.0. The van der Waals surface area contributed by atoms with E-state index in [-0.39, 0.29) is 0 Å². The fourth-order valence-corrected chi connectivity index (χ4v) is 1.89. The zero-order valence-corrected chi connectivity index (χ0v) is 10.9. The van der Waals surface area contributed by atoms with Gasteiger partial charge in [0.15, 0.2) is 0 Å². The fraction of sp³-hybridized carbons (Fsp3) is 0.500. The van der Waals surface area contributed by atoms with Gasteiger partial charge in [-0.05, 0) is 20.8 Å². The molecule has 0 atom stereocenters. The van der Waals surface area contributed by atoms with Crippen LogP contribution in [0.4, 0.5) is 5.69 Å². The molecule has 0 bridgehead atoms. The van der Waals surface area contributed by atoms with Gasteiger partial charge in [-0.3, -0.25) is 9.36 Å². The highest BCUT2D eigenvalue weighted by Crippen LogP contribution is 2.14. The Kier molecular flexibility index (Phi) is 3.17. The van der Waals surface area contributed by atoms with Crippen LogP contribution in [-0.2, 0) is 20.1 Å². The molecular formula is C12H19N5. The van der Waals surface area contributed by atoms with Crippen molar-refractivity contribution < 1.29 is 0 Å². The lowest BCUT2D eigenvalue weighted by molar-refractivity contribution is 0.660. The third-order valence-electron chi connectivity index (χ3n) is 3.09. The molecule has 0 aliphatic rings. The first kappa shape index (κ1) is 11.7. The number of nitrogens with one attached hydrogen (secondary N) is 1. The van der Waals surface area contributed by atoms with Crippen LogP contribution in [0.25, 0.3) is 0 Å². The molecule has 2 aromatic rings. The average Bonchev–Trinajstić information content (AvgIpc) is 2.84. The second-order valence-electron chi connectivity index (χ2n) is 4.21. The molecule has 2 rings (SSSR count). The third kappa shape index (κ3) is 2.33. The van der Waals surface area contributed by atoms with Gasteiger partial charge in [0.2, 0.25) is 0 Å². The number of nitrogens with zero attached hydrogens (tertiary/aromatic N) is 4. The standard InChI is InChI=1S/C12H19N5/c1-5-17-8-11(6-14-17)13-7-12-9(2)15-16(4)10(12)3/h6,8,13H,5,7H2,1-4H3. The minimum Gasteiger partial charge on any atom is -0.378 e. The highest BCUT2D eigenvalue weighted by atomic mass is 15.3. The first-order chi connectivity index (χ1) is 8.11. The Balaban J connectivity index is 2.07. The zero-order valence-electron chi connectivity index (χ0n) is 10.9. The molecule has 5 heteroatoms. The lowest BCUT2D eigenvalue weighted by Gasteiger charge is -2.04. The van der Waals surface area contributed by atoms with Crippen LogP contribution in [0, 0.1) is 13.8 Å². The monoisotopic (exact) mass is 233 g/mol. The Hall–Kier alpha value is -1.78. The van der Waals surface area contributed by atoms with Crippen molar-refractivity contribution in [2.75, 3.05) is 5.32 Å². The summed E-state index contributed by atoms with van der Waals surface area (Å²) in [6, 6.07) is 0. The van der Waals surface area contributed by atoms with E-state index in [1.165, 1.54) is 11.3 Å². The normalized spacial score (nSPS) is 10.8. The second kappa shape index (κ2) is 4.61. The van der Waals surface area contributed by atoms with Gasteiger partial charge < -0.3 is 5.32 Å². The van der Waals surface area contributed by atoms with Gasteiger partial charge in [-0.25, -0.2) is 0 Å². The Morgan fingerprint density at radius 3 is 2.65 bits per heavy atom. The highest BCUT2D eigenvalue weighted by Gasteiger charge is 2.08. The molecule has 0 aromatic carbocycles. The van der Waals surface area contributed by atoms with E-state index < -0.39 is 0 Å². The molecule has 0 aliphatic heterocycles. The summed E-state index contributed by atoms with van der Waals surface area (Å²) in [6.45, 7) is 7.89. The van der Waals surface area contributed by atoms with E-state index in [4.69, 9.17) is 0 Å². The smallest absolute Gasteiger partial charge is 0.0729 e. The molecule has 92 valence electrons. The number of rotatable bonds is 4. The fourth-order valence-electron chi connectivity index (χ4n) is 1.89. The summed E-state index contributed by atoms with van der Waals surface area (Å²) >= 11 is 0. The first-order valence-electron chi connectivity index (χ1n) is 5.87. The Morgan fingerprint density at radius 2 is 2.12 bits per heavy atom. The Morgan fingerprint density at radius 1 is 1.35 bits per heavy atom. The van der Waals surface area contributed by atoms with E-state index in [2.05, 4.69) is 29.4 Å². The lowest BCUT2D eigenvalue weighted by Crippen LogP contribution is -2.01. The van der Waals surface area contributed by atoms with Crippen LogP contribution in [0.1, 0.15) is 23.9 Å². The van der Waals surface area contributed by atoms with Crippen LogP contribution in [0.5, 0.6) is 0 Å². The van der Waals surface area contributed by atoms with Crippen molar-refractivity contribution in [3.63, 3.8) is 0 Å². The number of aryl methyl sites for hydroxylation is 3. The largest absolute Gasteiger partial charge is 0.378 e. The van der Waals surface area contributed by atoms with E-state index in [0.717, 1.165) is 24.5 Å². The van der Waals surface area contributed by atoms with Gasteiger partial charge in [0.05, 0.1) is 17.6 Å². The molecule has 0 saturated carbocycles. The molecule has 0 aliphatic carbocycles. The SMILES string of the molecule is CCn1cc(NCc2c(C)nn(C)c2C)cn1. The van der Waals surface area contributed by atoms with Crippen LogP contribution < -0.4 is 5.32 Å². The molecular weight excluding hydrogens is 214 g/mol. The van der Waals surface area contributed by atoms with Gasteiger partial charge in [-0.15, -0.1) is 0 Å². The van der Waals surface area contributed by atoms with Gasteiger partial charge >= 0.3 is 0 Å². The minimum absolute atomic E-state index is 0.793. The van der Waals surface area contributed by atoms with Gasteiger partial charge in [-0.1, -0.05) is 0 Å². The quantitative estimate of drug-likeness (QED) is 0.877. The predicted octanol–water partition coefficient (Wildman–Crippen LogP) is 1.87. The van der Waals surface area contributed by atoms with Gasteiger partial charge in [0.25, 0.3) is 0 Å². The van der Waals surface area contributed by atoms with Crippen LogP contribution in [0.2, 0.25) is 0 Å². The maximum Gasteiger partial charge on any atom is 0.0729 e. The predicted molar refractivity (Wildman–Crippen MR) is 67.9 cm³/mol. The molecule has 0 amide bonds. The summed E-state index contributed by atoms with van der Waals surface area (Å²) < 4.78 is 3.83. The molecule has 5 nitrogen and oxygen atoms in total. The van der Waals surface area contributed by atoms with Crippen LogP contribution in [-0.4, -0.2) is 19.6 Å². The van der Waals surface area contributed by atoms with Crippen molar-refractivity contribution in [1.82, 2.24) is 19.6 Å². The Bertz CT molecular complexity index is 509. The summed E-state index contributed by atoms with van der Waals surface area (Å²) in [6.07, 6.45) is 3.87. The summed E-state index contributed by atoms with van der Waals surface area (Å²) in [7, 11) is 1.97. The van der Waals surface area contributed by atoms with Gasteiger partial charge in [0, 0.05) is 37.6 Å². The second-order valence-corrected chi connectivity index (χ2v) is 4.21.